The van der Waals surface area contributed by atoms with E-state index in [4.69, 9.17) is 14.4 Å². The van der Waals surface area contributed by atoms with E-state index >= 15 is 0 Å². The van der Waals surface area contributed by atoms with Crippen molar-refractivity contribution in [3.63, 3.8) is 0 Å². The summed E-state index contributed by atoms with van der Waals surface area (Å²) in [5, 5.41) is 0. The number of hydrogen-bond donors (Lipinski definition) is 0. The van der Waals surface area contributed by atoms with Gasteiger partial charge in [-0.05, 0) is 0 Å². The first-order chi connectivity index (χ1) is 13.2. The van der Waals surface area contributed by atoms with E-state index in [0.29, 0.717) is 0 Å². The number of Topliss-reactive ketones (excluding diaryl/α,β-unsaturated/α-hetero) is 1. The molecule has 0 aromatic heterocycles. The molecular formula is C15H20O13Y2-4. The largest absolute Gasteiger partial charge is 0.655 e. The second-order valence-electron chi connectivity index (χ2n) is 3.00. The predicted octanol–water partition coefficient (Wildman–Crippen LogP) is -1.93. The Bertz CT molecular complexity index is 445. The van der Waals surface area contributed by atoms with Crippen molar-refractivity contribution in [3.05, 3.63) is 0 Å². The number of rotatable bonds is 5. The van der Waals surface area contributed by atoms with Gasteiger partial charge in [0.2, 0.25) is 5.78 Å². The zero-order valence-corrected chi connectivity index (χ0v) is 22.8. The van der Waals surface area contributed by atoms with Crippen LogP contribution in [-0.2, 0) is 127 Å². The number of ketones is 1. The van der Waals surface area contributed by atoms with Gasteiger partial charge in [0.1, 0.15) is 0 Å². The zero-order valence-electron chi connectivity index (χ0n) is 17.2. The molecule has 0 aliphatic carbocycles. The molecule has 0 amide bonds. The third-order valence-electron chi connectivity index (χ3n) is 1.35. The summed E-state index contributed by atoms with van der Waals surface area (Å²) in [4.78, 5) is 76.3. The van der Waals surface area contributed by atoms with Gasteiger partial charge in [-0.15, -0.1) is 0 Å². The molecular weight excluding hydrogens is 566 g/mol. The van der Waals surface area contributed by atoms with Crippen LogP contribution in [0.2, 0.25) is 0 Å². The average molecular weight is 586 g/mol. The Kier molecular flexibility index (Phi) is 71.6. The maximum atomic E-state index is 10.2. The van der Waals surface area contributed by atoms with Crippen molar-refractivity contribution in [2.45, 2.75) is 13.3 Å². The van der Waals surface area contributed by atoms with Crippen LogP contribution in [0.4, 0.5) is 0 Å². The molecule has 0 aliphatic heterocycles. The summed E-state index contributed by atoms with van der Waals surface area (Å²) in [6, 6.07) is 0. The van der Waals surface area contributed by atoms with Crippen LogP contribution >= 0.6 is 0 Å². The minimum absolute atomic E-state index is 0. The number of carbonyl (C=O) groups excluding carboxylic acids is 8. The molecule has 0 heterocycles. The van der Waals surface area contributed by atoms with Crippen LogP contribution in [0.25, 0.3) is 0 Å². The second kappa shape index (κ2) is 46.0. The van der Waals surface area contributed by atoms with Crippen molar-refractivity contribution in [1.82, 2.24) is 0 Å². The minimum Gasteiger partial charge on any atom is -0.655 e. The monoisotopic (exact) mass is 586 g/mol. The minimum atomic E-state index is -1.00. The number of hydrogen-bond acceptors (Lipinski definition) is 13. The number of methoxy groups -OCH3 is 5. The normalized spacial score (nSPS) is 6.33. The molecule has 0 bridgehead atoms. The van der Waals surface area contributed by atoms with Crippen LogP contribution in [0, 0.1) is 0 Å². The molecule has 0 aromatic carbocycles. The fourth-order valence-electron chi connectivity index (χ4n) is 0.418. The molecule has 0 fully saturated rings. The molecule has 30 heavy (non-hydrogen) atoms. The first-order valence-electron chi connectivity index (χ1n) is 6.40. The SMILES string of the molecule is COC(=O)C(=O)C[C-]=O.COC(=O)C(=O)OC.CO[C-]=O.CO[C-]=O.C[C-]=O.[Y].[Y]. The summed E-state index contributed by atoms with van der Waals surface area (Å²) < 4.78 is 19.4. The van der Waals surface area contributed by atoms with Gasteiger partial charge in [-0.2, -0.15) is 6.92 Å². The maximum absolute atomic E-state index is 10.2. The van der Waals surface area contributed by atoms with Gasteiger partial charge < -0.3 is 42.9 Å². The first kappa shape index (κ1) is 46.7. The van der Waals surface area contributed by atoms with Crippen LogP contribution in [0.5, 0.6) is 0 Å². The molecule has 0 saturated carbocycles. The quantitative estimate of drug-likeness (QED) is 0.114. The van der Waals surface area contributed by atoms with Gasteiger partial charge in [0.15, 0.2) is 0 Å². The molecule has 0 aliphatic rings. The molecule has 168 valence electrons. The Morgan fingerprint density at radius 1 is 0.633 bits per heavy atom. The van der Waals surface area contributed by atoms with Crippen LogP contribution in [-0.4, -0.2) is 84.8 Å². The van der Waals surface area contributed by atoms with E-state index < -0.39 is 30.1 Å². The molecule has 13 nitrogen and oxygen atoms in total. The van der Waals surface area contributed by atoms with Crippen LogP contribution in [0.1, 0.15) is 13.3 Å². The van der Waals surface area contributed by atoms with Gasteiger partial charge in [-0.3, -0.25) is 17.4 Å². The predicted molar refractivity (Wildman–Crippen MR) is 88.1 cm³/mol. The standard InChI is InChI=1S/C5H5O4.C4H6O4.2C2H3O2.C2H3O.2Y/c1-9-5(8)4(7)2-3-6;1-7-3(5)4(6)8-2;2*1-4-2-3;1-2-3;;/h2H2,1H3;1-2H3;2*1H3;1H3;;/q-1;;3*-1;;. The summed E-state index contributed by atoms with van der Waals surface area (Å²) in [7, 11) is 5.81. The van der Waals surface area contributed by atoms with Crippen LogP contribution in [0.15, 0.2) is 0 Å². The van der Waals surface area contributed by atoms with Crippen molar-refractivity contribution < 1.29 is 127 Å². The molecule has 0 saturated heterocycles. The van der Waals surface area contributed by atoms with Crippen molar-refractivity contribution in [2.24, 2.45) is 0 Å². The van der Waals surface area contributed by atoms with E-state index in [-0.39, 0.29) is 65.4 Å². The van der Waals surface area contributed by atoms with Gasteiger partial charge in [0.05, 0.1) is 21.3 Å². The van der Waals surface area contributed by atoms with Crippen molar-refractivity contribution >= 4 is 49.2 Å². The Morgan fingerprint density at radius 3 is 1.00 bits per heavy atom. The van der Waals surface area contributed by atoms with E-state index in [1.165, 1.54) is 46.7 Å². The van der Waals surface area contributed by atoms with Gasteiger partial charge >= 0.3 is 17.9 Å². The van der Waals surface area contributed by atoms with Crippen LogP contribution in [0.3, 0.4) is 0 Å². The summed E-state index contributed by atoms with van der Waals surface area (Å²) in [6.07, 6.45) is 2.26. The average Bonchev–Trinajstić information content (AvgIpc) is 2.73. The maximum Gasteiger partial charge on any atom is 0.417 e. The fraction of sp³-hybridized carbons (Fsp3) is 0.467. The summed E-state index contributed by atoms with van der Waals surface area (Å²) in [6.45, 7) is 3.68. The summed E-state index contributed by atoms with van der Waals surface area (Å²) in [5.74, 6) is -3.83. The van der Waals surface area contributed by atoms with E-state index in [2.05, 4.69) is 23.7 Å². The van der Waals surface area contributed by atoms with E-state index in [1.807, 2.05) is 0 Å². The number of esters is 3. The third kappa shape index (κ3) is 56.3. The second-order valence-corrected chi connectivity index (χ2v) is 3.00. The number of ether oxygens (including phenoxy) is 5. The molecule has 0 spiro atoms. The third-order valence-corrected chi connectivity index (χ3v) is 1.35. The molecule has 0 N–H and O–H groups in total. The van der Waals surface area contributed by atoms with E-state index in [1.54, 1.807) is 0 Å². The molecule has 0 rings (SSSR count). The Hall–Kier alpha value is -1.43. The Balaban J connectivity index is -0.0000000462. The van der Waals surface area contributed by atoms with Gasteiger partial charge in [-0.1, -0.05) is 19.4 Å². The topological polar surface area (TPSA) is 183 Å². The Morgan fingerprint density at radius 2 is 0.867 bits per heavy atom. The molecule has 2 radical (unpaired) electrons. The number of carbonyl (C=O) groups is 4. The van der Waals surface area contributed by atoms with Gasteiger partial charge in [0, 0.05) is 79.6 Å². The molecule has 0 aromatic rings. The molecule has 15 heteroatoms. The Labute approximate surface area is 223 Å². The zero-order chi connectivity index (χ0) is 23.4. The van der Waals surface area contributed by atoms with E-state index in [0.717, 1.165) is 21.3 Å². The van der Waals surface area contributed by atoms with Gasteiger partial charge in [-0.25, -0.2) is 14.4 Å². The van der Waals surface area contributed by atoms with E-state index in [9.17, 15) is 24.0 Å². The van der Waals surface area contributed by atoms with Gasteiger partial charge in [0.25, 0.3) is 0 Å². The first-order valence-corrected chi connectivity index (χ1v) is 6.40. The van der Waals surface area contributed by atoms with Crippen molar-refractivity contribution in [1.29, 1.82) is 0 Å². The molecule has 0 atom stereocenters. The fourth-order valence-corrected chi connectivity index (χ4v) is 0.418. The van der Waals surface area contributed by atoms with Crippen molar-refractivity contribution in [2.75, 3.05) is 35.5 Å². The summed E-state index contributed by atoms with van der Waals surface area (Å²) in [5.41, 5.74) is 0. The van der Waals surface area contributed by atoms with Crippen LogP contribution < -0.4 is 0 Å². The molecule has 0 unspecified atom stereocenters. The smallest absolute Gasteiger partial charge is 0.417 e. The van der Waals surface area contributed by atoms with Crippen molar-refractivity contribution in [3.8, 4) is 0 Å². The summed E-state index contributed by atoms with van der Waals surface area (Å²) >= 11 is 0.